The van der Waals surface area contributed by atoms with Crippen LogP contribution in [0.4, 0.5) is 0 Å². The zero-order valence-corrected chi connectivity index (χ0v) is 23.2. The van der Waals surface area contributed by atoms with Gasteiger partial charge in [0.2, 0.25) is 0 Å². The van der Waals surface area contributed by atoms with Gasteiger partial charge in [-0.3, -0.25) is 9.13 Å². The molecule has 1 aliphatic rings. The first-order valence-electron chi connectivity index (χ1n) is 12.0. The number of phenols is 1. The van der Waals surface area contributed by atoms with E-state index in [4.69, 9.17) is 18.1 Å². The van der Waals surface area contributed by atoms with Crippen molar-refractivity contribution in [3.05, 3.63) is 28.8 Å². The van der Waals surface area contributed by atoms with Crippen LogP contribution in [0.5, 0.6) is 5.75 Å². The summed E-state index contributed by atoms with van der Waals surface area (Å²) < 4.78 is 52.4. The third kappa shape index (κ3) is 7.65. The van der Waals surface area contributed by atoms with Gasteiger partial charge in [-0.1, -0.05) is 6.07 Å². The largest absolute Gasteiger partial charge is 0.508 e. The molecule has 7 nitrogen and oxygen atoms in total. The zero-order chi connectivity index (χ0) is 25.0. The SMILES string of the molecule is CC(C)OP(=O)(OC(C)C)C(Cc1ccc(O)c2c1CCCC2)P(=O)(OC(C)C)OC(C)C. The van der Waals surface area contributed by atoms with Crippen LogP contribution in [0.25, 0.3) is 0 Å². The number of hydrogen-bond donors (Lipinski definition) is 1. The molecular formula is C24H42O7P2. The quantitative estimate of drug-likeness (QED) is 0.300. The molecule has 1 N–H and O–H groups in total. The van der Waals surface area contributed by atoms with Crippen molar-refractivity contribution < 1.29 is 32.3 Å². The second kappa shape index (κ2) is 11.8. The monoisotopic (exact) mass is 504 g/mol. The minimum absolute atomic E-state index is 0.135. The zero-order valence-electron chi connectivity index (χ0n) is 21.4. The van der Waals surface area contributed by atoms with Crippen LogP contribution in [0.1, 0.15) is 84.9 Å². The summed E-state index contributed by atoms with van der Waals surface area (Å²) >= 11 is 0. The van der Waals surface area contributed by atoms with Gasteiger partial charge in [0.05, 0.1) is 24.4 Å². The van der Waals surface area contributed by atoms with Crippen molar-refractivity contribution in [2.45, 2.75) is 117 Å². The van der Waals surface area contributed by atoms with Crippen molar-refractivity contribution in [3.8, 4) is 5.75 Å². The lowest BCUT2D eigenvalue weighted by molar-refractivity contribution is 0.122. The Labute approximate surface area is 199 Å². The van der Waals surface area contributed by atoms with Crippen molar-refractivity contribution in [2.75, 3.05) is 0 Å². The van der Waals surface area contributed by atoms with E-state index in [2.05, 4.69) is 0 Å². The second-order valence-electron chi connectivity index (χ2n) is 9.79. The molecule has 0 fully saturated rings. The van der Waals surface area contributed by atoms with Crippen LogP contribution in [0.3, 0.4) is 0 Å². The van der Waals surface area contributed by atoms with E-state index in [0.29, 0.717) is 0 Å². The Morgan fingerprint density at radius 3 is 1.52 bits per heavy atom. The molecule has 0 aromatic heterocycles. The van der Waals surface area contributed by atoms with Crippen LogP contribution < -0.4 is 0 Å². The predicted octanol–water partition coefficient (Wildman–Crippen LogP) is 7.23. The van der Waals surface area contributed by atoms with Crippen molar-refractivity contribution >= 4 is 15.2 Å². The highest BCUT2D eigenvalue weighted by atomic mass is 31.2. The molecule has 0 heterocycles. The summed E-state index contributed by atoms with van der Waals surface area (Å²) in [7, 11) is -7.93. The first-order valence-corrected chi connectivity index (χ1v) is 15.3. The van der Waals surface area contributed by atoms with Crippen LogP contribution in [-0.4, -0.2) is 34.9 Å². The van der Waals surface area contributed by atoms with Gasteiger partial charge in [-0.25, -0.2) is 0 Å². The molecule has 0 bridgehead atoms. The molecule has 0 saturated carbocycles. The van der Waals surface area contributed by atoms with Crippen LogP contribution in [0.2, 0.25) is 0 Å². The molecule has 0 radical (unpaired) electrons. The first-order chi connectivity index (χ1) is 15.3. The molecule has 1 aliphatic carbocycles. The molecule has 1 aromatic rings. The third-order valence-electron chi connectivity index (χ3n) is 5.17. The molecule has 0 atom stereocenters. The molecule has 0 spiro atoms. The molecule has 0 saturated heterocycles. The third-order valence-corrected chi connectivity index (χ3v) is 11.6. The van der Waals surface area contributed by atoms with Gasteiger partial charge in [0, 0.05) is 0 Å². The van der Waals surface area contributed by atoms with E-state index in [0.717, 1.165) is 42.4 Å². The number of fused-ring (bicyclic) bond motifs is 1. The van der Waals surface area contributed by atoms with Gasteiger partial charge in [-0.15, -0.1) is 0 Å². The summed E-state index contributed by atoms with van der Waals surface area (Å²) in [4.78, 5) is 0. The van der Waals surface area contributed by atoms with E-state index < -0.39 is 45.0 Å². The van der Waals surface area contributed by atoms with Gasteiger partial charge in [-0.2, -0.15) is 0 Å². The normalized spacial score (nSPS) is 15.3. The van der Waals surface area contributed by atoms with Gasteiger partial charge in [0.15, 0.2) is 5.40 Å². The smallest absolute Gasteiger partial charge is 0.346 e. The van der Waals surface area contributed by atoms with Gasteiger partial charge in [-0.05, 0) is 110 Å². The molecule has 0 amide bonds. The number of phenolic OH excluding ortho intramolecular Hbond substituents is 1. The van der Waals surface area contributed by atoms with Crippen molar-refractivity contribution in [2.24, 2.45) is 0 Å². The van der Waals surface area contributed by atoms with E-state index in [1.165, 1.54) is 0 Å². The molecule has 9 heteroatoms. The molecule has 190 valence electrons. The average Bonchev–Trinajstić information content (AvgIpc) is 2.64. The molecule has 33 heavy (non-hydrogen) atoms. The molecule has 1 aromatic carbocycles. The molecule has 0 aliphatic heterocycles. The Morgan fingerprint density at radius 2 is 1.12 bits per heavy atom. The lowest BCUT2D eigenvalue weighted by Crippen LogP contribution is -2.26. The van der Waals surface area contributed by atoms with Crippen molar-refractivity contribution in [1.29, 1.82) is 0 Å². The second-order valence-corrected chi connectivity index (χ2v) is 14.4. The maximum atomic E-state index is 14.4. The summed E-state index contributed by atoms with van der Waals surface area (Å²) in [5.74, 6) is 0.269. The van der Waals surface area contributed by atoms with Gasteiger partial charge in [0.1, 0.15) is 5.75 Å². The summed E-state index contributed by atoms with van der Waals surface area (Å²) in [6.45, 7) is 14.2. The minimum atomic E-state index is -3.96. The van der Waals surface area contributed by atoms with Gasteiger partial charge in [0.25, 0.3) is 0 Å². The average molecular weight is 505 g/mol. The number of hydrogen-bond acceptors (Lipinski definition) is 7. The predicted molar refractivity (Wildman–Crippen MR) is 132 cm³/mol. The fourth-order valence-electron chi connectivity index (χ4n) is 4.21. The van der Waals surface area contributed by atoms with Crippen molar-refractivity contribution in [1.82, 2.24) is 0 Å². The number of benzene rings is 1. The summed E-state index contributed by atoms with van der Waals surface area (Å²) in [6, 6.07) is 3.47. The topological polar surface area (TPSA) is 91.3 Å². The van der Waals surface area contributed by atoms with Gasteiger partial charge >= 0.3 is 15.2 Å². The summed E-state index contributed by atoms with van der Waals surface area (Å²) in [5, 5.41) is 9.26. The fourth-order valence-corrected chi connectivity index (χ4v) is 10.1. The Hall–Kier alpha value is -0.680. The van der Waals surface area contributed by atoms with Gasteiger partial charge < -0.3 is 23.2 Å². The van der Waals surface area contributed by atoms with Crippen LogP contribution in [0, 0.1) is 0 Å². The maximum Gasteiger partial charge on any atom is 0.346 e. The van der Waals surface area contributed by atoms with E-state index in [1.54, 1.807) is 61.5 Å². The highest BCUT2D eigenvalue weighted by Crippen LogP contribution is 2.72. The first kappa shape index (κ1) is 28.6. The molecular weight excluding hydrogens is 462 g/mol. The van der Waals surface area contributed by atoms with Crippen LogP contribution in [0.15, 0.2) is 12.1 Å². The fraction of sp³-hybridized carbons (Fsp3) is 0.750. The highest BCUT2D eigenvalue weighted by Gasteiger charge is 2.53. The maximum absolute atomic E-state index is 14.4. The molecule has 2 rings (SSSR count). The molecule has 0 unspecified atom stereocenters. The van der Waals surface area contributed by atoms with E-state index in [1.807, 2.05) is 6.07 Å². The van der Waals surface area contributed by atoms with E-state index >= 15 is 0 Å². The Morgan fingerprint density at radius 1 is 0.727 bits per heavy atom. The Kier molecular flexibility index (Phi) is 10.2. The summed E-state index contributed by atoms with van der Waals surface area (Å²) in [5.41, 5.74) is 2.80. The number of aromatic hydroxyl groups is 1. The van der Waals surface area contributed by atoms with E-state index in [-0.39, 0.29) is 12.2 Å². The summed E-state index contributed by atoms with van der Waals surface area (Å²) in [6.07, 6.45) is 2.04. The number of rotatable bonds is 12. The lowest BCUT2D eigenvalue weighted by Gasteiger charge is -2.36. The lowest BCUT2D eigenvalue weighted by atomic mass is 9.87. The minimum Gasteiger partial charge on any atom is -0.508 e. The Bertz CT molecular complexity index is 814. The standard InChI is InChI=1S/C24H42O7P2/c1-16(2)28-32(26,29-17(3)4)24(33(27,30-18(5)6)31-19(7)8)15-20-13-14-23(25)22-12-10-9-11-21(20)22/h13-14,16-19,24-25H,9-12,15H2,1-8H3. The Balaban J connectivity index is 2.68. The highest BCUT2D eigenvalue weighted by molar-refractivity contribution is 7.72. The van der Waals surface area contributed by atoms with Crippen LogP contribution in [-0.2, 0) is 46.5 Å². The van der Waals surface area contributed by atoms with Crippen molar-refractivity contribution in [3.63, 3.8) is 0 Å². The van der Waals surface area contributed by atoms with Crippen LogP contribution >= 0.6 is 15.2 Å². The van der Waals surface area contributed by atoms with E-state index in [9.17, 15) is 14.2 Å².